The molecule has 0 fully saturated rings. The predicted octanol–water partition coefficient (Wildman–Crippen LogP) is 2.16. The molecule has 0 radical (unpaired) electrons. The Labute approximate surface area is 108 Å². The first-order valence-electron chi connectivity index (χ1n) is 5.97. The van der Waals surface area contributed by atoms with Gasteiger partial charge in [-0.1, -0.05) is 13.8 Å². The number of nitrogens with one attached hydrogen (secondary N) is 1. The van der Waals surface area contributed by atoms with E-state index in [0.29, 0.717) is 0 Å². The van der Waals surface area contributed by atoms with Crippen molar-refractivity contribution in [3.8, 4) is 0 Å². The fraction of sp³-hybridized carbons (Fsp3) is 0.917. The molecule has 4 nitrogen and oxygen atoms in total. The third-order valence-corrected chi connectivity index (χ3v) is 4.66. The molecule has 1 atom stereocenters. The molecular formula is C12H25NO3S. The Morgan fingerprint density at radius 2 is 1.76 bits per heavy atom. The van der Waals surface area contributed by atoms with Crippen molar-refractivity contribution in [3.63, 3.8) is 0 Å². The number of ether oxygens (including phenoxy) is 1. The smallest absolute Gasteiger partial charge is 0.307 e. The maximum atomic E-state index is 12.1. The molecule has 1 unspecified atom stereocenters. The molecule has 0 heterocycles. The lowest BCUT2D eigenvalue weighted by atomic mass is 9.90. The molecule has 0 aliphatic carbocycles. The van der Waals surface area contributed by atoms with Gasteiger partial charge in [0.25, 0.3) is 0 Å². The van der Waals surface area contributed by atoms with Crippen LogP contribution in [0.3, 0.4) is 0 Å². The third kappa shape index (κ3) is 5.27. The van der Waals surface area contributed by atoms with Crippen molar-refractivity contribution < 1.29 is 14.1 Å². The zero-order valence-electron chi connectivity index (χ0n) is 11.8. The van der Waals surface area contributed by atoms with Gasteiger partial charge in [-0.25, -0.2) is 0 Å². The molecule has 17 heavy (non-hydrogen) atoms. The van der Waals surface area contributed by atoms with Gasteiger partial charge in [-0.05, 0) is 33.6 Å². The molecule has 0 aromatic carbocycles. The highest BCUT2D eigenvalue weighted by molar-refractivity contribution is 7.90. The van der Waals surface area contributed by atoms with Crippen molar-refractivity contribution >= 4 is 17.3 Å². The van der Waals surface area contributed by atoms with Gasteiger partial charge in [-0.2, -0.15) is 0 Å². The highest BCUT2D eigenvalue weighted by atomic mass is 32.2. The van der Waals surface area contributed by atoms with Gasteiger partial charge in [0.1, 0.15) is 4.75 Å². The summed E-state index contributed by atoms with van der Waals surface area (Å²) in [6.07, 6.45) is 1.72. The molecule has 0 saturated carbocycles. The minimum Gasteiger partial charge on any atom is -0.598 e. The standard InChI is InChI=1S/C12H25NO3S/c1-7-12(8-2,9-10(14)16-6)13-17(15)11(3,4)5/h13H,7-9H2,1-6H3. The van der Waals surface area contributed by atoms with Crippen LogP contribution < -0.4 is 4.72 Å². The van der Waals surface area contributed by atoms with Crippen LogP contribution in [0.15, 0.2) is 0 Å². The van der Waals surface area contributed by atoms with Crippen LogP contribution in [0.5, 0.6) is 0 Å². The quantitative estimate of drug-likeness (QED) is 0.589. The molecule has 0 spiro atoms. The van der Waals surface area contributed by atoms with E-state index < -0.39 is 16.9 Å². The first kappa shape index (κ1) is 16.7. The Balaban J connectivity index is 4.77. The topological polar surface area (TPSA) is 61.4 Å². The van der Waals surface area contributed by atoms with E-state index in [1.807, 2.05) is 34.6 Å². The van der Waals surface area contributed by atoms with E-state index in [4.69, 9.17) is 4.74 Å². The lowest BCUT2D eigenvalue weighted by molar-refractivity contribution is -0.142. The summed E-state index contributed by atoms with van der Waals surface area (Å²) in [4.78, 5) is 11.4. The first-order valence-corrected chi connectivity index (χ1v) is 7.12. The highest BCUT2D eigenvalue weighted by Gasteiger charge is 2.38. The summed E-state index contributed by atoms with van der Waals surface area (Å²) in [5.74, 6) is -0.271. The molecule has 0 rings (SSSR count). The van der Waals surface area contributed by atoms with Crippen LogP contribution in [-0.4, -0.2) is 27.9 Å². The Morgan fingerprint density at radius 3 is 2.06 bits per heavy atom. The number of esters is 1. The number of hydrogen-bond acceptors (Lipinski definition) is 4. The van der Waals surface area contributed by atoms with Crippen molar-refractivity contribution in [3.05, 3.63) is 0 Å². The maximum absolute atomic E-state index is 12.1. The largest absolute Gasteiger partial charge is 0.598 e. The lowest BCUT2D eigenvalue weighted by Gasteiger charge is -2.35. The van der Waals surface area contributed by atoms with Gasteiger partial charge in [-0.3, -0.25) is 4.79 Å². The Bertz CT molecular complexity index is 247. The molecule has 5 heteroatoms. The van der Waals surface area contributed by atoms with E-state index in [9.17, 15) is 9.35 Å². The van der Waals surface area contributed by atoms with Crippen LogP contribution in [-0.2, 0) is 20.9 Å². The zero-order valence-corrected chi connectivity index (χ0v) is 12.6. The summed E-state index contributed by atoms with van der Waals surface area (Å²) >= 11 is -1.18. The Kier molecular flexibility index (Phi) is 6.51. The summed E-state index contributed by atoms with van der Waals surface area (Å²) in [7, 11) is 1.37. The monoisotopic (exact) mass is 263 g/mol. The van der Waals surface area contributed by atoms with E-state index in [0.717, 1.165) is 12.8 Å². The average molecular weight is 263 g/mol. The number of carbonyl (C=O) groups excluding carboxylic acids is 1. The lowest BCUT2D eigenvalue weighted by Crippen LogP contribution is -2.53. The second-order valence-corrected chi connectivity index (χ2v) is 7.19. The van der Waals surface area contributed by atoms with Crippen molar-refractivity contribution in [1.82, 2.24) is 4.72 Å². The van der Waals surface area contributed by atoms with Crippen LogP contribution in [0.25, 0.3) is 0 Å². The molecule has 0 aromatic heterocycles. The van der Waals surface area contributed by atoms with Gasteiger partial charge >= 0.3 is 5.97 Å². The summed E-state index contributed by atoms with van der Waals surface area (Å²) < 4.78 is 19.6. The van der Waals surface area contributed by atoms with E-state index >= 15 is 0 Å². The van der Waals surface area contributed by atoms with Crippen LogP contribution in [0, 0.1) is 0 Å². The molecule has 0 aromatic rings. The van der Waals surface area contributed by atoms with Crippen molar-refractivity contribution in [2.24, 2.45) is 0 Å². The van der Waals surface area contributed by atoms with E-state index in [1.165, 1.54) is 7.11 Å². The van der Waals surface area contributed by atoms with Crippen LogP contribution in [0.1, 0.15) is 53.9 Å². The molecule has 102 valence electrons. The Hall–Kier alpha value is -0.260. The predicted molar refractivity (Wildman–Crippen MR) is 71.0 cm³/mol. The van der Waals surface area contributed by atoms with Crippen molar-refractivity contribution in [1.29, 1.82) is 0 Å². The van der Waals surface area contributed by atoms with E-state index in [1.54, 1.807) is 0 Å². The van der Waals surface area contributed by atoms with Crippen molar-refractivity contribution in [2.45, 2.75) is 64.2 Å². The third-order valence-electron chi connectivity index (χ3n) is 2.93. The normalized spacial score (nSPS) is 14.5. The molecule has 1 N–H and O–H groups in total. The van der Waals surface area contributed by atoms with Crippen LogP contribution in [0.2, 0.25) is 0 Å². The molecular weight excluding hydrogens is 238 g/mol. The summed E-state index contributed by atoms with van der Waals surface area (Å²) in [6.45, 7) is 9.69. The van der Waals surface area contributed by atoms with Gasteiger partial charge in [0, 0.05) is 11.4 Å². The fourth-order valence-corrected chi connectivity index (χ4v) is 2.44. The summed E-state index contributed by atoms with van der Waals surface area (Å²) in [5.41, 5.74) is -0.439. The molecule has 0 bridgehead atoms. The SMILES string of the molecule is CCC(CC)(CC(=O)OC)N[S+]([O-])C(C)(C)C. The maximum Gasteiger partial charge on any atom is 0.307 e. The first-order chi connectivity index (χ1) is 7.70. The van der Waals surface area contributed by atoms with Crippen LogP contribution in [0.4, 0.5) is 0 Å². The van der Waals surface area contributed by atoms with E-state index in [-0.39, 0.29) is 17.1 Å². The number of carbonyl (C=O) groups is 1. The van der Waals surface area contributed by atoms with Gasteiger partial charge in [0.2, 0.25) is 0 Å². The zero-order chi connectivity index (χ0) is 13.7. The average Bonchev–Trinajstić information content (AvgIpc) is 2.26. The molecule has 0 amide bonds. The second-order valence-electron chi connectivity index (χ2n) is 5.22. The van der Waals surface area contributed by atoms with Gasteiger partial charge in [0.15, 0.2) is 0 Å². The summed E-state index contributed by atoms with van der Waals surface area (Å²) in [6, 6.07) is 0. The number of methoxy groups -OCH3 is 1. The Morgan fingerprint density at radius 1 is 1.29 bits per heavy atom. The minimum atomic E-state index is -1.18. The molecule has 0 aliphatic rings. The summed E-state index contributed by atoms with van der Waals surface area (Å²) in [5, 5.41) is 0. The number of rotatable bonds is 6. The molecule has 0 saturated heterocycles. The fourth-order valence-electron chi connectivity index (χ4n) is 1.38. The van der Waals surface area contributed by atoms with Crippen LogP contribution >= 0.6 is 0 Å². The van der Waals surface area contributed by atoms with Gasteiger partial charge in [-0.15, -0.1) is 4.72 Å². The van der Waals surface area contributed by atoms with Gasteiger partial charge < -0.3 is 9.29 Å². The minimum absolute atomic E-state index is 0.248. The van der Waals surface area contributed by atoms with Crippen molar-refractivity contribution in [2.75, 3.05) is 7.11 Å². The number of hydrogen-bond donors (Lipinski definition) is 1. The van der Waals surface area contributed by atoms with E-state index in [2.05, 4.69) is 4.72 Å². The molecule has 0 aliphatic heterocycles. The highest BCUT2D eigenvalue weighted by Crippen LogP contribution is 2.25. The second kappa shape index (κ2) is 6.61. The van der Waals surface area contributed by atoms with Gasteiger partial charge in [0.05, 0.1) is 19.1 Å².